The van der Waals surface area contributed by atoms with Crippen LogP contribution >= 0.6 is 0 Å². The lowest BCUT2D eigenvalue weighted by Gasteiger charge is -1.96. The number of aromatic nitrogens is 2. The highest BCUT2D eigenvalue weighted by Gasteiger charge is 2.05. The van der Waals surface area contributed by atoms with Gasteiger partial charge in [-0.15, -0.1) is 0 Å². The Labute approximate surface area is 77.5 Å². The van der Waals surface area contributed by atoms with Gasteiger partial charge in [0.25, 0.3) is 0 Å². The number of hydrogen-bond acceptors (Lipinski definition) is 1. The van der Waals surface area contributed by atoms with Gasteiger partial charge >= 0.3 is 0 Å². The number of fused-ring (bicyclic) bond motifs is 1. The summed E-state index contributed by atoms with van der Waals surface area (Å²) >= 11 is 0. The van der Waals surface area contributed by atoms with Crippen molar-refractivity contribution < 1.29 is 0 Å². The number of nitrogens with zero attached hydrogens (tertiary/aromatic N) is 2. The van der Waals surface area contributed by atoms with Gasteiger partial charge in [-0.2, -0.15) is 5.10 Å². The summed E-state index contributed by atoms with van der Waals surface area (Å²) in [5.74, 6) is 0. The van der Waals surface area contributed by atoms with E-state index in [0.717, 1.165) is 11.9 Å². The molecule has 0 bridgehead atoms. The van der Waals surface area contributed by atoms with Crippen molar-refractivity contribution >= 4 is 17.1 Å². The highest BCUT2D eigenvalue weighted by Crippen LogP contribution is 2.18. The largest absolute Gasteiger partial charge is 0.244 e. The minimum absolute atomic E-state index is 0.979. The molecule has 2 heteroatoms. The Morgan fingerprint density at radius 1 is 1.46 bits per heavy atom. The monoisotopic (exact) mass is 172 g/mol. The van der Waals surface area contributed by atoms with Crippen LogP contribution in [0.25, 0.3) is 17.1 Å². The van der Waals surface area contributed by atoms with Gasteiger partial charge in [-0.25, -0.2) is 4.68 Å². The Balaban J connectivity index is 2.81. The second-order valence-corrected chi connectivity index (χ2v) is 2.94. The lowest BCUT2D eigenvalue weighted by atomic mass is 10.2. The zero-order chi connectivity index (χ0) is 9.26. The maximum Gasteiger partial charge on any atom is 0.0930 e. The third-order valence-corrected chi connectivity index (χ3v) is 2.21. The fourth-order valence-electron chi connectivity index (χ4n) is 1.61. The maximum absolute atomic E-state index is 4.40. The van der Waals surface area contributed by atoms with Crippen LogP contribution in [0, 0.1) is 0 Å². The van der Waals surface area contributed by atoms with Gasteiger partial charge in [-0.05, 0) is 12.5 Å². The molecule has 13 heavy (non-hydrogen) atoms. The second-order valence-electron chi connectivity index (χ2n) is 2.94. The van der Waals surface area contributed by atoms with E-state index in [1.165, 1.54) is 11.1 Å². The molecular weight excluding hydrogens is 160 g/mol. The van der Waals surface area contributed by atoms with Crippen molar-refractivity contribution in [2.24, 2.45) is 0 Å². The lowest BCUT2D eigenvalue weighted by molar-refractivity contribution is 0.871. The quantitative estimate of drug-likeness (QED) is 0.681. The fourth-order valence-corrected chi connectivity index (χ4v) is 1.61. The minimum atomic E-state index is 0.979. The van der Waals surface area contributed by atoms with Crippen LogP contribution < -0.4 is 0 Å². The van der Waals surface area contributed by atoms with Crippen molar-refractivity contribution in [3.8, 4) is 0 Å². The zero-order valence-corrected chi connectivity index (χ0v) is 7.70. The Morgan fingerprint density at radius 2 is 2.23 bits per heavy atom. The van der Waals surface area contributed by atoms with Crippen LogP contribution in [0.5, 0.6) is 0 Å². The Kier molecular flexibility index (Phi) is 1.89. The van der Waals surface area contributed by atoms with Gasteiger partial charge in [0.2, 0.25) is 0 Å². The van der Waals surface area contributed by atoms with E-state index < -0.39 is 0 Å². The Bertz CT molecular complexity index is 440. The molecule has 2 rings (SSSR count). The van der Waals surface area contributed by atoms with Crippen LogP contribution in [-0.4, -0.2) is 9.78 Å². The van der Waals surface area contributed by atoms with Gasteiger partial charge in [0, 0.05) is 11.6 Å². The average molecular weight is 172 g/mol. The van der Waals surface area contributed by atoms with E-state index in [-0.39, 0.29) is 0 Å². The molecule has 0 aliphatic rings. The normalized spacial score (nSPS) is 10.5. The molecular formula is C11H12N2. The molecule has 0 aliphatic carbocycles. The van der Waals surface area contributed by atoms with Crippen LogP contribution in [0.4, 0.5) is 0 Å². The lowest BCUT2D eigenvalue weighted by Crippen LogP contribution is -1.93. The summed E-state index contributed by atoms with van der Waals surface area (Å²) in [6, 6.07) is 8.16. The molecule has 0 aliphatic heterocycles. The number of benzene rings is 1. The van der Waals surface area contributed by atoms with Gasteiger partial charge in [-0.1, -0.05) is 31.7 Å². The molecule has 0 unspecified atom stereocenters. The number of rotatable bonds is 2. The molecule has 0 radical (unpaired) electrons. The third-order valence-electron chi connectivity index (χ3n) is 2.21. The minimum Gasteiger partial charge on any atom is -0.244 e. The molecule has 0 saturated heterocycles. The first-order chi connectivity index (χ1) is 6.36. The van der Waals surface area contributed by atoms with E-state index in [0.29, 0.717) is 0 Å². The van der Waals surface area contributed by atoms with E-state index >= 15 is 0 Å². The Hall–Kier alpha value is -1.57. The van der Waals surface area contributed by atoms with Crippen molar-refractivity contribution in [2.45, 2.75) is 13.3 Å². The van der Waals surface area contributed by atoms with Gasteiger partial charge in [0.15, 0.2) is 0 Å². The molecule has 1 aromatic heterocycles. The SMILES string of the molecule is C=Cn1nc2ccccc2c1CC. The molecule has 0 saturated carbocycles. The van der Waals surface area contributed by atoms with Crippen molar-refractivity contribution in [2.75, 3.05) is 0 Å². The van der Waals surface area contributed by atoms with Crippen LogP contribution in [0.15, 0.2) is 30.8 Å². The van der Waals surface area contributed by atoms with Gasteiger partial charge in [0.05, 0.1) is 11.2 Å². The Morgan fingerprint density at radius 3 is 2.92 bits per heavy atom. The van der Waals surface area contributed by atoms with Gasteiger partial charge in [0.1, 0.15) is 0 Å². The highest BCUT2D eigenvalue weighted by atomic mass is 15.3. The van der Waals surface area contributed by atoms with E-state index in [9.17, 15) is 0 Å². The highest BCUT2D eigenvalue weighted by molar-refractivity contribution is 5.82. The van der Waals surface area contributed by atoms with Crippen molar-refractivity contribution in [1.29, 1.82) is 0 Å². The summed E-state index contributed by atoms with van der Waals surface area (Å²) in [5, 5.41) is 5.63. The topological polar surface area (TPSA) is 17.8 Å². The first kappa shape index (κ1) is 8.05. The van der Waals surface area contributed by atoms with Crippen LogP contribution in [0.1, 0.15) is 12.6 Å². The van der Waals surface area contributed by atoms with E-state index in [1.807, 2.05) is 22.9 Å². The van der Waals surface area contributed by atoms with Crippen molar-refractivity contribution in [1.82, 2.24) is 9.78 Å². The van der Waals surface area contributed by atoms with Crippen LogP contribution in [0.2, 0.25) is 0 Å². The van der Waals surface area contributed by atoms with E-state index in [2.05, 4.69) is 24.7 Å². The summed E-state index contributed by atoms with van der Waals surface area (Å²) in [4.78, 5) is 0. The van der Waals surface area contributed by atoms with Crippen LogP contribution in [0.3, 0.4) is 0 Å². The third kappa shape index (κ3) is 1.15. The van der Waals surface area contributed by atoms with E-state index in [1.54, 1.807) is 6.20 Å². The van der Waals surface area contributed by atoms with Gasteiger partial charge in [-0.3, -0.25) is 0 Å². The average Bonchev–Trinajstić information content (AvgIpc) is 2.55. The zero-order valence-electron chi connectivity index (χ0n) is 7.70. The standard InChI is InChI=1S/C11H12N2/c1-3-11-9-7-5-6-8-10(9)12-13(11)4-2/h4-8H,2-3H2,1H3. The molecule has 0 atom stereocenters. The van der Waals surface area contributed by atoms with Crippen molar-refractivity contribution in [3.63, 3.8) is 0 Å². The molecule has 1 heterocycles. The molecule has 0 fully saturated rings. The molecule has 66 valence electrons. The molecule has 0 amide bonds. The maximum atomic E-state index is 4.40. The first-order valence-corrected chi connectivity index (χ1v) is 4.45. The summed E-state index contributed by atoms with van der Waals surface area (Å²) in [6.07, 6.45) is 2.73. The molecule has 2 nitrogen and oxygen atoms in total. The molecule has 1 aromatic carbocycles. The number of aryl methyl sites for hydroxylation is 1. The van der Waals surface area contributed by atoms with Gasteiger partial charge < -0.3 is 0 Å². The molecule has 0 spiro atoms. The smallest absolute Gasteiger partial charge is 0.0930 e. The predicted octanol–water partition coefficient (Wildman–Crippen LogP) is 2.70. The summed E-state index contributed by atoms with van der Waals surface area (Å²) in [6.45, 7) is 5.86. The predicted molar refractivity (Wildman–Crippen MR) is 55.5 cm³/mol. The summed E-state index contributed by atoms with van der Waals surface area (Å²) in [5.41, 5.74) is 2.27. The van der Waals surface area contributed by atoms with Crippen LogP contribution in [-0.2, 0) is 6.42 Å². The first-order valence-electron chi connectivity index (χ1n) is 4.45. The van der Waals surface area contributed by atoms with E-state index in [4.69, 9.17) is 0 Å². The second kappa shape index (κ2) is 3.05. The summed E-state index contributed by atoms with van der Waals surface area (Å²) < 4.78 is 1.85. The number of hydrogen-bond donors (Lipinski definition) is 0. The molecule has 2 aromatic rings. The molecule has 0 N–H and O–H groups in total. The summed E-state index contributed by atoms with van der Waals surface area (Å²) in [7, 11) is 0. The van der Waals surface area contributed by atoms with Crippen molar-refractivity contribution in [3.05, 3.63) is 36.5 Å². The fraction of sp³-hybridized carbons (Fsp3) is 0.182.